The molecule has 0 saturated carbocycles. The minimum Gasteiger partial charge on any atom is -0.371 e. The zero-order chi connectivity index (χ0) is 21.2. The van der Waals surface area contributed by atoms with Gasteiger partial charge in [-0.05, 0) is 36.2 Å². The Hall–Kier alpha value is -2.32. The molecule has 28 heavy (non-hydrogen) atoms. The number of nitrogens with two attached hydrogens (primary N) is 1. The quantitative estimate of drug-likeness (QED) is 0.486. The van der Waals surface area contributed by atoms with Gasteiger partial charge in [-0.1, -0.05) is 36.4 Å². The topological polar surface area (TPSA) is 35.2 Å². The molecule has 0 unspecified atom stereocenters. The second kappa shape index (κ2) is 7.97. The highest BCUT2D eigenvalue weighted by atomic mass is 19.4. The van der Waals surface area contributed by atoms with Gasteiger partial charge in [0, 0.05) is 0 Å². The maximum Gasteiger partial charge on any atom is 0.416 e. The van der Waals surface area contributed by atoms with Gasteiger partial charge >= 0.3 is 12.4 Å². The number of hydrogen-bond donors (Lipinski definition) is 1. The van der Waals surface area contributed by atoms with E-state index >= 15 is 0 Å². The van der Waals surface area contributed by atoms with E-state index in [0.29, 0.717) is 17.7 Å². The van der Waals surface area contributed by atoms with Gasteiger partial charge in [-0.25, -0.2) is 0 Å². The average Bonchev–Trinajstić information content (AvgIpc) is 2.64. The van der Waals surface area contributed by atoms with Crippen molar-refractivity contribution in [3.05, 3.63) is 83.4 Å². The van der Waals surface area contributed by atoms with Gasteiger partial charge in [-0.3, -0.25) is 0 Å². The van der Waals surface area contributed by atoms with Crippen molar-refractivity contribution in [2.24, 2.45) is 5.73 Å². The van der Waals surface area contributed by atoms with Gasteiger partial charge in [0.05, 0.1) is 29.4 Å². The third-order valence-electron chi connectivity index (χ3n) is 4.33. The van der Waals surface area contributed by atoms with E-state index in [4.69, 9.17) is 10.5 Å². The van der Waals surface area contributed by atoms with Crippen LogP contribution in [0.5, 0.6) is 0 Å². The standard InChI is InChI=1S/C20H19F6NO/c1-3-18(27,15-7-5-4-6-8-15)12-28-13(2)14-9-16(19(21,22)23)11-17(10-14)20(24,25)26/h3-11,13H,1,12,27H2,2H3/t13-,18+/m0/s1. The van der Waals surface area contributed by atoms with Crippen LogP contribution in [0.15, 0.2) is 61.2 Å². The summed E-state index contributed by atoms with van der Waals surface area (Å²) in [5.41, 5.74) is 2.71. The van der Waals surface area contributed by atoms with Crippen molar-refractivity contribution in [1.82, 2.24) is 0 Å². The number of rotatable bonds is 6. The number of alkyl halides is 6. The summed E-state index contributed by atoms with van der Waals surface area (Å²) in [6, 6.07) is 10.1. The second-order valence-electron chi connectivity index (χ2n) is 6.40. The fourth-order valence-electron chi connectivity index (χ4n) is 2.58. The summed E-state index contributed by atoms with van der Waals surface area (Å²) in [5, 5.41) is 0. The zero-order valence-electron chi connectivity index (χ0n) is 14.9. The Balaban J connectivity index is 2.30. The van der Waals surface area contributed by atoms with Crippen molar-refractivity contribution in [3.8, 4) is 0 Å². The molecular weight excluding hydrogens is 384 g/mol. The molecule has 0 aliphatic carbocycles. The van der Waals surface area contributed by atoms with Crippen molar-refractivity contribution in [1.29, 1.82) is 0 Å². The Bertz CT molecular complexity index is 783. The first kappa shape index (κ1) is 22.0. The Kier molecular flexibility index (Phi) is 6.25. The summed E-state index contributed by atoms with van der Waals surface area (Å²) in [4.78, 5) is 0. The molecule has 0 saturated heterocycles. The Labute approximate surface area is 158 Å². The van der Waals surface area contributed by atoms with E-state index in [0.717, 1.165) is 0 Å². The molecule has 2 rings (SSSR count). The summed E-state index contributed by atoms with van der Waals surface area (Å²) in [7, 11) is 0. The first-order chi connectivity index (χ1) is 12.9. The van der Waals surface area contributed by atoms with Crippen molar-refractivity contribution in [2.45, 2.75) is 30.9 Å². The molecule has 0 fully saturated rings. The summed E-state index contributed by atoms with van der Waals surface area (Å²) in [5.74, 6) is 0. The minimum atomic E-state index is -4.92. The van der Waals surface area contributed by atoms with Gasteiger partial charge in [0.15, 0.2) is 0 Å². The molecule has 2 aromatic carbocycles. The molecule has 0 bridgehead atoms. The minimum absolute atomic E-state index is 0.0805. The van der Waals surface area contributed by atoms with Gasteiger partial charge < -0.3 is 10.5 Å². The maximum atomic E-state index is 13.0. The van der Waals surface area contributed by atoms with E-state index < -0.39 is 35.1 Å². The van der Waals surface area contributed by atoms with Crippen LogP contribution in [0.25, 0.3) is 0 Å². The fraction of sp³-hybridized carbons (Fsp3) is 0.300. The average molecular weight is 403 g/mol. The molecule has 152 valence electrons. The lowest BCUT2D eigenvalue weighted by molar-refractivity contribution is -0.143. The van der Waals surface area contributed by atoms with E-state index in [1.54, 1.807) is 30.3 Å². The van der Waals surface area contributed by atoms with Crippen LogP contribution in [-0.4, -0.2) is 6.61 Å². The Morgan fingerprint density at radius 1 is 0.929 bits per heavy atom. The van der Waals surface area contributed by atoms with Crippen LogP contribution in [0.1, 0.15) is 35.3 Å². The molecule has 2 atom stereocenters. The highest BCUT2D eigenvalue weighted by Gasteiger charge is 2.37. The van der Waals surface area contributed by atoms with E-state index in [-0.39, 0.29) is 18.2 Å². The summed E-state index contributed by atoms with van der Waals surface area (Å²) >= 11 is 0. The lowest BCUT2D eigenvalue weighted by Crippen LogP contribution is -2.39. The molecule has 8 heteroatoms. The third-order valence-corrected chi connectivity index (χ3v) is 4.33. The number of ether oxygens (including phenoxy) is 1. The molecule has 0 aliphatic heterocycles. The first-order valence-corrected chi connectivity index (χ1v) is 8.26. The van der Waals surface area contributed by atoms with E-state index in [1.807, 2.05) is 0 Å². The fourth-order valence-corrected chi connectivity index (χ4v) is 2.58. The predicted octanol–water partition coefficient (Wildman–Crippen LogP) is 5.84. The molecule has 2 aromatic rings. The maximum absolute atomic E-state index is 13.0. The van der Waals surface area contributed by atoms with Crippen molar-refractivity contribution >= 4 is 0 Å². The van der Waals surface area contributed by atoms with Crippen LogP contribution >= 0.6 is 0 Å². The van der Waals surface area contributed by atoms with E-state index in [9.17, 15) is 26.3 Å². The molecule has 0 spiro atoms. The van der Waals surface area contributed by atoms with Gasteiger partial charge in [0.25, 0.3) is 0 Å². The van der Waals surface area contributed by atoms with Gasteiger partial charge in [0.1, 0.15) is 0 Å². The predicted molar refractivity (Wildman–Crippen MR) is 93.3 cm³/mol. The molecule has 0 amide bonds. The number of halogens is 6. The molecule has 2 N–H and O–H groups in total. The molecule has 0 aliphatic rings. The number of hydrogen-bond acceptors (Lipinski definition) is 2. The lowest BCUT2D eigenvalue weighted by Gasteiger charge is -2.28. The van der Waals surface area contributed by atoms with Crippen LogP contribution < -0.4 is 5.73 Å². The monoisotopic (exact) mass is 403 g/mol. The molecule has 0 aromatic heterocycles. The Morgan fingerprint density at radius 2 is 1.43 bits per heavy atom. The SMILES string of the molecule is C=C[C@@](N)(CO[C@@H](C)c1cc(C(F)(F)F)cc(C(F)(F)F)c1)c1ccccc1. The van der Waals surface area contributed by atoms with Crippen LogP contribution in [0.3, 0.4) is 0 Å². The molecule has 0 radical (unpaired) electrons. The van der Waals surface area contributed by atoms with E-state index in [1.165, 1.54) is 13.0 Å². The van der Waals surface area contributed by atoms with Gasteiger partial charge in [-0.15, -0.1) is 6.58 Å². The second-order valence-corrected chi connectivity index (χ2v) is 6.40. The van der Waals surface area contributed by atoms with Crippen molar-refractivity contribution in [3.63, 3.8) is 0 Å². The largest absolute Gasteiger partial charge is 0.416 e. The van der Waals surface area contributed by atoms with Crippen LogP contribution in [0.4, 0.5) is 26.3 Å². The summed E-state index contributed by atoms with van der Waals surface area (Å²) < 4.78 is 83.6. The third kappa shape index (κ3) is 5.14. The number of benzene rings is 2. The summed E-state index contributed by atoms with van der Waals surface area (Å²) in [6.07, 6.45) is -9.48. The highest BCUT2D eigenvalue weighted by molar-refractivity contribution is 5.35. The van der Waals surface area contributed by atoms with Crippen LogP contribution in [0.2, 0.25) is 0 Å². The van der Waals surface area contributed by atoms with E-state index in [2.05, 4.69) is 6.58 Å². The van der Waals surface area contributed by atoms with Gasteiger partial charge in [0.2, 0.25) is 0 Å². The smallest absolute Gasteiger partial charge is 0.371 e. The highest BCUT2D eigenvalue weighted by Crippen LogP contribution is 2.38. The normalized spacial score (nSPS) is 15.7. The Morgan fingerprint density at radius 3 is 1.86 bits per heavy atom. The molecule has 0 heterocycles. The molecule has 2 nitrogen and oxygen atoms in total. The lowest BCUT2D eigenvalue weighted by atomic mass is 9.92. The van der Waals surface area contributed by atoms with Crippen LogP contribution in [-0.2, 0) is 22.6 Å². The van der Waals surface area contributed by atoms with Crippen molar-refractivity contribution in [2.75, 3.05) is 6.61 Å². The zero-order valence-corrected chi connectivity index (χ0v) is 14.9. The van der Waals surface area contributed by atoms with Crippen LogP contribution in [0, 0.1) is 0 Å². The van der Waals surface area contributed by atoms with Gasteiger partial charge in [-0.2, -0.15) is 26.3 Å². The first-order valence-electron chi connectivity index (χ1n) is 8.26. The summed E-state index contributed by atoms with van der Waals surface area (Å²) in [6.45, 7) is 4.83. The van der Waals surface area contributed by atoms with Crippen molar-refractivity contribution < 1.29 is 31.1 Å². The molecular formula is C20H19F6NO.